The van der Waals surface area contributed by atoms with E-state index >= 15 is 0 Å². The number of thiol groups is 2. The number of nitrogens with one attached hydrogen (secondary N) is 1. The van der Waals surface area contributed by atoms with Crippen LogP contribution in [0.1, 0.15) is 37.3 Å². The average Bonchev–Trinajstić information content (AvgIpc) is 2.63. The fourth-order valence-electron chi connectivity index (χ4n) is 2.41. The number of hydrogen-bond donors (Lipinski definition) is 5. The summed E-state index contributed by atoms with van der Waals surface area (Å²) in [5, 5.41) is 2.90. The van der Waals surface area contributed by atoms with E-state index in [1.54, 1.807) is 0 Å². The zero-order valence-electron chi connectivity index (χ0n) is 15.3. The van der Waals surface area contributed by atoms with Gasteiger partial charge in [0, 0.05) is 24.0 Å². The summed E-state index contributed by atoms with van der Waals surface area (Å²) in [6.45, 7) is 3.42. The molecule has 0 aliphatic carbocycles. The maximum absolute atomic E-state index is 12.1. The minimum atomic E-state index is -0.0420. The number of hydrogen-bond acceptors (Lipinski definition) is 5. The number of rotatable bonds is 12. The molecule has 0 heterocycles. The van der Waals surface area contributed by atoms with Crippen molar-refractivity contribution in [2.24, 2.45) is 22.4 Å². The first-order chi connectivity index (χ1) is 12.5. The normalized spacial score (nSPS) is 11.7. The summed E-state index contributed by atoms with van der Waals surface area (Å²) in [6, 6.07) is 5.88. The Labute approximate surface area is 167 Å². The lowest BCUT2D eigenvalue weighted by Crippen LogP contribution is -2.32. The molecular weight excluding hydrogens is 368 g/mol. The molecule has 1 atom stereocenters. The van der Waals surface area contributed by atoms with Crippen molar-refractivity contribution in [1.82, 2.24) is 5.32 Å². The van der Waals surface area contributed by atoms with Crippen LogP contribution in [0.15, 0.2) is 23.2 Å². The van der Waals surface area contributed by atoms with E-state index in [1.165, 1.54) is 0 Å². The summed E-state index contributed by atoms with van der Waals surface area (Å²) in [7, 11) is 0. The van der Waals surface area contributed by atoms with Crippen molar-refractivity contribution in [2.75, 3.05) is 19.7 Å². The number of carbonyl (C=O) groups is 1. The van der Waals surface area contributed by atoms with Crippen LogP contribution in [0.4, 0.5) is 0 Å². The summed E-state index contributed by atoms with van der Waals surface area (Å²) in [6.07, 6.45) is 2.59. The SMILES string of the molecule is C[C@H](CCCCN=C(N)N)C(=O)NCCOc1ccc(CS)c(CS)c1. The quantitative estimate of drug-likeness (QED) is 0.161. The minimum Gasteiger partial charge on any atom is -0.492 e. The van der Waals surface area contributed by atoms with Gasteiger partial charge in [0.1, 0.15) is 12.4 Å². The molecule has 0 spiro atoms. The van der Waals surface area contributed by atoms with Crippen LogP contribution in [0.5, 0.6) is 5.75 Å². The van der Waals surface area contributed by atoms with Crippen molar-refractivity contribution in [2.45, 2.75) is 37.7 Å². The molecule has 0 bridgehead atoms. The van der Waals surface area contributed by atoms with E-state index in [9.17, 15) is 4.79 Å². The van der Waals surface area contributed by atoms with Crippen LogP contribution in [-0.2, 0) is 16.3 Å². The summed E-state index contributed by atoms with van der Waals surface area (Å²) >= 11 is 8.63. The second-order valence-corrected chi connectivity index (χ2v) is 6.72. The third-order valence-corrected chi connectivity index (χ3v) is 4.66. The standard InChI is InChI=1S/C18H30N4O2S2/c1-13(4-2-3-7-22-18(19)20)17(23)21-8-9-24-16-6-5-14(11-25)15(10-16)12-26/h5-6,10,13,25-26H,2-4,7-9,11-12H2,1H3,(H,21,23)(H4,19,20,22)/t13-/m1/s1. The van der Waals surface area contributed by atoms with Gasteiger partial charge in [0.15, 0.2) is 5.96 Å². The number of aliphatic imine (C=N–C) groups is 1. The molecule has 26 heavy (non-hydrogen) atoms. The maximum Gasteiger partial charge on any atom is 0.222 e. The van der Waals surface area contributed by atoms with Crippen LogP contribution < -0.4 is 21.5 Å². The van der Waals surface area contributed by atoms with Crippen molar-refractivity contribution in [1.29, 1.82) is 0 Å². The Morgan fingerprint density at radius 3 is 2.62 bits per heavy atom. The molecule has 1 rings (SSSR count). The Kier molecular flexibility index (Phi) is 11.0. The Morgan fingerprint density at radius 2 is 1.96 bits per heavy atom. The number of amides is 1. The Bertz CT molecular complexity index is 593. The summed E-state index contributed by atoms with van der Waals surface area (Å²) < 4.78 is 5.70. The van der Waals surface area contributed by atoms with Gasteiger partial charge in [-0.25, -0.2) is 0 Å². The predicted molar refractivity (Wildman–Crippen MR) is 114 cm³/mol. The Morgan fingerprint density at radius 1 is 1.23 bits per heavy atom. The van der Waals surface area contributed by atoms with Crippen molar-refractivity contribution in [3.63, 3.8) is 0 Å². The van der Waals surface area contributed by atoms with Gasteiger partial charge in [-0.15, -0.1) is 0 Å². The highest BCUT2D eigenvalue weighted by Crippen LogP contribution is 2.20. The molecule has 5 N–H and O–H groups in total. The zero-order valence-corrected chi connectivity index (χ0v) is 17.1. The van der Waals surface area contributed by atoms with Gasteiger partial charge in [0.2, 0.25) is 5.91 Å². The van der Waals surface area contributed by atoms with E-state index in [0.717, 1.165) is 36.1 Å². The molecular formula is C18H30N4O2S2. The topological polar surface area (TPSA) is 103 Å². The Hall–Kier alpha value is -1.54. The van der Waals surface area contributed by atoms with E-state index < -0.39 is 0 Å². The van der Waals surface area contributed by atoms with E-state index in [1.807, 2.05) is 25.1 Å². The summed E-state index contributed by atoms with van der Waals surface area (Å²) in [5.74, 6) is 2.20. The lowest BCUT2D eigenvalue weighted by Gasteiger charge is -2.13. The van der Waals surface area contributed by atoms with Crippen LogP contribution in [0.25, 0.3) is 0 Å². The first kappa shape index (κ1) is 22.5. The first-order valence-electron chi connectivity index (χ1n) is 8.77. The fourth-order valence-corrected chi connectivity index (χ4v) is 3.02. The molecule has 0 radical (unpaired) electrons. The van der Waals surface area contributed by atoms with Gasteiger partial charge < -0.3 is 21.5 Å². The number of guanidine groups is 1. The Balaban J connectivity index is 2.24. The molecule has 0 fully saturated rings. The predicted octanol–water partition coefficient (Wildman–Crippen LogP) is 2.12. The molecule has 0 aromatic heterocycles. The first-order valence-corrected chi connectivity index (χ1v) is 10.0. The largest absolute Gasteiger partial charge is 0.492 e. The fraction of sp³-hybridized carbons (Fsp3) is 0.556. The van der Waals surface area contributed by atoms with Crippen molar-refractivity contribution in [3.8, 4) is 5.75 Å². The van der Waals surface area contributed by atoms with Crippen molar-refractivity contribution < 1.29 is 9.53 Å². The monoisotopic (exact) mass is 398 g/mol. The van der Waals surface area contributed by atoms with Crippen molar-refractivity contribution >= 4 is 37.1 Å². The van der Waals surface area contributed by atoms with E-state index in [4.69, 9.17) is 16.2 Å². The molecule has 1 amide bonds. The van der Waals surface area contributed by atoms with Gasteiger partial charge in [-0.1, -0.05) is 19.4 Å². The molecule has 8 heteroatoms. The molecule has 0 saturated carbocycles. The molecule has 1 aromatic carbocycles. The molecule has 1 aromatic rings. The van der Waals surface area contributed by atoms with Gasteiger partial charge in [-0.3, -0.25) is 9.79 Å². The second kappa shape index (κ2) is 12.8. The summed E-state index contributed by atoms with van der Waals surface area (Å²) in [5.41, 5.74) is 12.8. The van der Waals surface area contributed by atoms with Gasteiger partial charge >= 0.3 is 0 Å². The van der Waals surface area contributed by atoms with E-state index in [2.05, 4.69) is 35.6 Å². The van der Waals surface area contributed by atoms with Gasteiger partial charge in [-0.05, 0) is 36.1 Å². The van der Waals surface area contributed by atoms with Crippen LogP contribution in [0.2, 0.25) is 0 Å². The smallest absolute Gasteiger partial charge is 0.222 e. The zero-order chi connectivity index (χ0) is 19.4. The number of carbonyl (C=O) groups excluding carboxylic acids is 1. The maximum atomic E-state index is 12.1. The number of benzene rings is 1. The number of unbranched alkanes of at least 4 members (excludes halogenated alkanes) is 1. The molecule has 146 valence electrons. The highest BCUT2D eigenvalue weighted by atomic mass is 32.1. The van der Waals surface area contributed by atoms with Crippen LogP contribution in [-0.4, -0.2) is 31.6 Å². The van der Waals surface area contributed by atoms with E-state index in [-0.39, 0.29) is 17.8 Å². The third kappa shape index (κ3) is 8.71. The average molecular weight is 399 g/mol. The lowest BCUT2D eigenvalue weighted by molar-refractivity contribution is -0.124. The van der Waals surface area contributed by atoms with Crippen molar-refractivity contribution in [3.05, 3.63) is 29.3 Å². The van der Waals surface area contributed by atoms with Gasteiger partial charge in [0.05, 0.1) is 6.54 Å². The lowest BCUT2D eigenvalue weighted by atomic mass is 10.0. The number of nitrogens with zero attached hydrogens (tertiary/aromatic N) is 1. The van der Waals surface area contributed by atoms with Gasteiger partial charge in [0.25, 0.3) is 0 Å². The number of nitrogens with two attached hydrogens (primary N) is 2. The number of ether oxygens (including phenoxy) is 1. The molecule has 0 unspecified atom stereocenters. The molecule has 6 nitrogen and oxygen atoms in total. The van der Waals surface area contributed by atoms with Gasteiger partial charge in [-0.2, -0.15) is 25.3 Å². The molecule has 0 aliphatic rings. The highest BCUT2D eigenvalue weighted by molar-refractivity contribution is 7.79. The van der Waals surface area contributed by atoms with Crippen LogP contribution >= 0.6 is 25.3 Å². The minimum absolute atomic E-state index is 0.0388. The highest BCUT2D eigenvalue weighted by Gasteiger charge is 2.11. The molecule has 0 aliphatic heterocycles. The van der Waals surface area contributed by atoms with E-state index in [0.29, 0.717) is 31.2 Å². The second-order valence-electron chi connectivity index (χ2n) is 6.09. The van der Waals surface area contributed by atoms with Crippen LogP contribution in [0.3, 0.4) is 0 Å². The third-order valence-electron chi connectivity index (χ3n) is 3.98. The van der Waals surface area contributed by atoms with Crippen LogP contribution in [0, 0.1) is 5.92 Å². The summed E-state index contributed by atoms with van der Waals surface area (Å²) in [4.78, 5) is 16.0. The molecule has 0 saturated heterocycles.